The van der Waals surface area contributed by atoms with Crippen LogP contribution in [0.1, 0.15) is 36.0 Å². The smallest absolute Gasteiger partial charge is 0.168 e. The summed E-state index contributed by atoms with van der Waals surface area (Å²) in [6.07, 6.45) is 7.07. The van der Waals surface area contributed by atoms with Crippen molar-refractivity contribution in [3.8, 4) is 0 Å². The Hall–Kier alpha value is -1.57. The van der Waals surface area contributed by atoms with E-state index in [4.69, 9.17) is 0 Å². The minimum Gasteiger partial charge on any atom is -0.350 e. The van der Waals surface area contributed by atoms with E-state index in [9.17, 15) is 4.79 Å². The molecule has 3 atom stereocenters. The zero-order valence-corrected chi connectivity index (χ0v) is 11.3. The number of fused-ring (bicyclic) bond motifs is 3. The number of hydrogen-bond donors (Lipinski definition) is 0. The van der Waals surface area contributed by atoms with E-state index in [0.29, 0.717) is 17.6 Å². The van der Waals surface area contributed by atoms with Gasteiger partial charge in [-0.25, -0.2) is 0 Å². The highest BCUT2D eigenvalue weighted by Gasteiger charge is 2.43. The van der Waals surface area contributed by atoms with Crippen LogP contribution in [0.25, 0.3) is 10.9 Å². The molecule has 1 heterocycles. The third-order valence-corrected chi connectivity index (χ3v) is 5.24. The monoisotopic (exact) mass is 253 g/mol. The van der Waals surface area contributed by atoms with Crippen molar-refractivity contribution in [3.05, 3.63) is 36.0 Å². The Kier molecular flexibility index (Phi) is 2.35. The number of carbonyl (C=O) groups is 1. The molecule has 0 saturated heterocycles. The fraction of sp³-hybridized carbons (Fsp3) is 0.471. The first-order chi connectivity index (χ1) is 9.24. The van der Waals surface area contributed by atoms with Crippen LogP contribution in [-0.2, 0) is 7.05 Å². The van der Waals surface area contributed by atoms with Gasteiger partial charge >= 0.3 is 0 Å². The second-order valence-electron chi connectivity index (χ2n) is 6.32. The highest BCUT2D eigenvalue weighted by atomic mass is 16.1. The van der Waals surface area contributed by atoms with Gasteiger partial charge in [-0.1, -0.05) is 24.6 Å². The summed E-state index contributed by atoms with van der Waals surface area (Å²) in [6, 6.07) is 8.23. The molecular weight excluding hydrogens is 234 g/mol. The Morgan fingerprint density at radius 2 is 2.05 bits per heavy atom. The summed E-state index contributed by atoms with van der Waals surface area (Å²) in [5.74, 6) is 2.18. The number of para-hydroxylation sites is 1. The van der Waals surface area contributed by atoms with Gasteiger partial charge in [-0.2, -0.15) is 0 Å². The van der Waals surface area contributed by atoms with E-state index in [0.717, 1.165) is 28.8 Å². The Labute approximate surface area is 113 Å². The average Bonchev–Trinajstić information content (AvgIpc) is 3.13. The maximum absolute atomic E-state index is 12.9. The number of benzene rings is 1. The summed E-state index contributed by atoms with van der Waals surface area (Å²) in [5.41, 5.74) is 2.10. The van der Waals surface area contributed by atoms with Crippen LogP contribution < -0.4 is 0 Å². The van der Waals surface area contributed by atoms with E-state index in [2.05, 4.69) is 16.7 Å². The van der Waals surface area contributed by atoms with Gasteiger partial charge in [0.25, 0.3) is 0 Å². The normalized spacial score (nSPS) is 29.2. The predicted octanol–water partition coefficient (Wildman–Crippen LogP) is 3.80. The summed E-state index contributed by atoms with van der Waals surface area (Å²) in [5, 5.41) is 1.12. The van der Waals surface area contributed by atoms with Crippen LogP contribution in [-0.4, -0.2) is 10.4 Å². The van der Waals surface area contributed by atoms with Crippen LogP contribution in [0.3, 0.4) is 0 Å². The van der Waals surface area contributed by atoms with Crippen LogP contribution in [0.15, 0.2) is 30.5 Å². The first-order valence-corrected chi connectivity index (χ1v) is 7.32. The number of ketones is 1. The fourth-order valence-electron chi connectivity index (χ4n) is 4.30. The van der Waals surface area contributed by atoms with Gasteiger partial charge in [-0.3, -0.25) is 4.79 Å². The molecule has 2 nitrogen and oxygen atoms in total. The second-order valence-corrected chi connectivity index (χ2v) is 6.32. The van der Waals surface area contributed by atoms with Crippen molar-refractivity contribution in [2.75, 3.05) is 0 Å². The molecule has 2 aliphatic carbocycles. The summed E-state index contributed by atoms with van der Waals surface area (Å²) in [6.45, 7) is 0. The molecule has 4 rings (SSSR count). The molecule has 0 spiro atoms. The van der Waals surface area contributed by atoms with Crippen molar-refractivity contribution in [2.24, 2.45) is 24.8 Å². The van der Waals surface area contributed by atoms with E-state index in [1.807, 2.05) is 25.4 Å². The highest BCUT2D eigenvalue weighted by Crippen LogP contribution is 2.49. The molecule has 1 aromatic heterocycles. The highest BCUT2D eigenvalue weighted by molar-refractivity contribution is 6.09. The molecular formula is C17H19NO. The van der Waals surface area contributed by atoms with Gasteiger partial charge in [0.1, 0.15) is 0 Å². The first kappa shape index (κ1) is 11.3. The molecule has 0 amide bonds. The lowest BCUT2D eigenvalue weighted by Crippen LogP contribution is -2.20. The minimum atomic E-state index is 0.296. The third-order valence-electron chi connectivity index (χ3n) is 5.24. The zero-order chi connectivity index (χ0) is 13.0. The molecule has 2 aliphatic rings. The predicted molar refractivity (Wildman–Crippen MR) is 76.2 cm³/mol. The maximum Gasteiger partial charge on any atom is 0.168 e. The number of nitrogens with zero attached hydrogens (tertiary/aromatic N) is 1. The molecule has 2 aromatic rings. The molecule has 1 aromatic carbocycles. The SMILES string of the molecule is Cn1cc(C(=O)C2CC3CCC2C3)c2ccccc21. The standard InChI is InChI=1S/C17H19NO/c1-18-10-15(13-4-2-3-5-16(13)18)17(19)14-9-11-6-7-12(14)8-11/h2-5,10-12,14H,6-9H2,1H3. The second kappa shape index (κ2) is 3.96. The molecule has 3 unspecified atom stereocenters. The number of Topliss-reactive ketones (excluding diaryl/α,β-unsaturated/α-hetero) is 1. The Morgan fingerprint density at radius 3 is 2.79 bits per heavy atom. The average molecular weight is 253 g/mol. The lowest BCUT2D eigenvalue weighted by atomic mass is 9.83. The van der Waals surface area contributed by atoms with Crippen LogP contribution in [0.4, 0.5) is 0 Å². The lowest BCUT2D eigenvalue weighted by Gasteiger charge is -2.19. The first-order valence-electron chi connectivity index (χ1n) is 7.32. The molecule has 2 saturated carbocycles. The molecule has 0 N–H and O–H groups in total. The van der Waals surface area contributed by atoms with E-state index in [-0.39, 0.29) is 0 Å². The summed E-state index contributed by atoms with van der Waals surface area (Å²) in [7, 11) is 2.03. The van der Waals surface area contributed by atoms with Crippen molar-refractivity contribution < 1.29 is 4.79 Å². The molecule has 98 valence electrons. The molecule has 2 heteroatoms. The molecule has 19 heavy (non-hydrogen) atoms. The van der Waals surface area contributed by atoms with Crippen LogP contribution in [0.5, 0.6) is 0 Å². The number of rotatable bonds is 2. The van der Waals surface area contributed by atoms with Gasteiger partial charge in [0, 0.05) is 35.6 Å². The van der Waals surface area contributed by atoms with Gasteiger partial charge in [0.15, 0.2) is 5.78 Å². The van der Waals surface area contributed by atoms with Gasteiger partial charge in [-0.05, 0) is 37.2 Å². The van der Waals surface area contributed by atoms with Crippen molar-refractivity contribution in [1.82, 2.24) is 4.57 Å². The Balaban J connectivity index is 1.76. The topological polar surface area (TPSA) is 22.0 Å². The van der Waals surface area contributed by atoms with Crippen molar-refractivity contribution >= 4 is 16.7 Å². The van der Waals surface area contributed by atoms with E-state index in [1.54, 1.807) is 0 Å². The third kappa shape index (κ3) is 1.59. The van der Waals surface area contributed by atoms with Gasteiger partial charge in [0.2, 0.25) is 0 Å². The van der Waals surface area contributed by atoms with E-state index >= 15 is 0 Å². The fourth-order valence-corrected chi connectivity index (χ4v) is 4.30. The van der Waals surface area contributed by atoms with E-state index < -0.39 is 0 Å². The Bertz CT molecular complexity index is 654. The minimum absolute atomic E-state index is 0.296. The summed E-state index contributed by atoms with van der Waals surface area (Å²) >= 11 is 0. The van der Waals surface area contributed by atoms with Gasteiger partial charge in [-0.15, -0.1) is 0 Å². The number of carbonyl (C=O) groups excluding carboxylic acids is 1. The van der Waals surface area contributed by atoms with Crippen molar-refractivity contribution in [3.63, 3.8) is 0 Å². The summed E-state index contributed by atoms with van der Waals surface area (Å²) < 4.78 is 2.08. The van der Waals surface area contributed by atoms with E-state index in [1.165, 1.54) is 19.3 Å². The largest absolute Gasteiger partial charge is 0.350 e. The van der Waals surface area contributed by atoms with Gasteiger partial charge < -0.3 is 4.57 Å². The maximum atomic E-state index is 12.9. The van der Waals surface area contributed by atoms with Crippen LogP contribution in [0, 0.1) is 17.8 Å². The molecule has 2 fully saturated rings. The zero-order valence-electron chi connectivity index (χ0n) is 11.3. The molecule has 0 aliphatic heterocycles. The number of hydrogen-bond acceptors (Lipinski definition) is 1. The van der Waals surface area contributed by atoms with Crippen molar-refractivity contribution in [1.29, 1.82) is 0 Å². The van der Waals surface area contributed by atoms with Crippen LogP contribution in [0.2, 0.25) is 0 Å². The quantitative estimate of drug-likeness (QED) is 0.746. The molecule has 0 radical (unpaired) electrons. The van der Waals surface area contributed by atoms with Gasteiger partial charge in [0.05, 0.1) is 0 Å². The summed E-state index contributed by atoms with van der Waals surface area (Å²) in [4.78, 5) is 12.9. The van der Waals surface area contributed by atoms with Crippen LogP contribution >= 0.6 is 0 Å². The van der Waals surface area contributed by atoms with Crippen molar-refractivity contribution in [2.45, 2.75) is 25.7 Å². The molecule has 2 bridgehead atoms. The lowest BCUT2D eigenvalue weighted by molar-refractivity contribution is 0.0876. The number of aryl methyl sites for hydroxylation is 1. The Morgan fingerprint density at radius 1 is 1.21 bits per heavy atom. The number of aromatic nitrogens is 1.